The van der Waals surface area contributed by atoms with Crippen molar-refractivity contribution < 1.29 is 4.79 Å². The van der Waals surface area contributed by atoms with Gasteiger partial charge in [-0.2, -0.15) is 0 Å². The van der Waals surface area contributed by atoms with E-state index in [-0.39, 0.29) is 17.7 Å². The van der Waals surface area contributed by atoms with Crippen molar-refractivity contribution in [1.29, 1.82) is 0 Å². The molecule has 1 aromatic heterocycles. The highest BCUT2D eigenvalue weighted by Gasteiger charge is 2.18. The molecule has 0 spiro atoms. The molecule has 1 atom stereocenters. The van der Waals surface area contributed by atoms with Crippen LogP contribution in [0.3, 0.4) is 0 Å². The van der Waals surface area contributed by atoms with Crippen LogP contribution in [0, 0.1) is 5.92 Å². The average molecular weight is 430 g/mol. The van der Waals surface area contributed by atoms with Crippen LogP contribution in [0.15, 0.2) is 59.8 Å². The molecule has 0 aliphatic rings. The average Bonchev–Trinajstić information content (AvgIpc) is 3.07. The van der Waals surface area contributed by atoms with Gasteiger partial charge in [0.25, 0.3) is 0 Å². The molecule has 0 saturated carbocycles. The molecule has 8 heteroatoms. The lowest BCUT2D eigenvalue weighted by atomic mass is 9.97. The number of nitrogen functional groups attached to an aromatic ring is 1. The Bertz CT molecular complexity index is 943. The predicted octanol–water partition coefficient (Wildman–Crippen LogP) is 4.31. The second-order valence-corrected chi connectivity index (χ2v) is 8.51. The number of thioether (sulfide) groups is 1. The van der Waals surface area contributed by atoms with Crippen LogP contribution in [0.1, 0.15) is 31.9 Å². The molecular formula is C21H24ClN5OS. The van der Waals surface area contributed by atoms with Crippen molar-refractivity contribution in [2.45, 2.75) is 31.5 Å². The van der Waals surface area contributed by atoms with Crippen molar-refractivity contribution in [3.8, 4) is 11.4 Å². The van der Waals surface area contributed by atoms with E-state index in [2.05, 4.69) is 29.4 Å². The summed E-state index contributed by atoms with van der Waals surface area (Å²) in [6.45, 7) is 4.29. The molecule has 152 valence electrons. The smallest absolute Gasteiger partial charge is 0.230 e. The van der Waals surface area contributed by atoms with E-state index in [1.807, 2.05) is 42.5 Å². The van der Waals surface area contributed by atoms with Crippen LogP contribution in [0.5, 0.6) is 0 Å². The summed E-state index contributed by atoms with van der Waals surface area (Å²) < 4.78 is 1.39. The van der Waals surface area contributed by atoms with Crippen LogP contribution >= 0.6 is 23.4 Å². The fourth-order valence-corrected chi connectivity index (χ4v) is 3.77. The van der Waals surface area contributed by atoms with E-state index in [9.17, 15) is 4.79 Å². The largest absolute Gasteiger partial charge is 0.349 e. The molecule has 0 saturated heterocycles. The molecule has 0 fully saturated rings. The Morgan fingerprint density at radius 3 is 2.48 bits per heavy atom. The first-order valence-corrected chi connectivity index (χ1v) is 10.7. The van der Waals surface area contributed by atoms with Gasteiger partial charge >= 0.3 is 0 Å². The first-order chi connectivity index (χ1) is 13.9. The Hall–Kier alpha value is -2.51. The van der Waals surface area contributed by atoms with Gasteiger partial charge in [0.15, 0.2) is 5.82 Å². The molecule has 0 bridgehead atoms. The van der Waals surface area contributed by atoms with Crippen LogP contribution in [0.2, 0.25) is 5.02 Å². The lowest BCUT2D eigenvalue weighted by Crippen LogP contribution is -2.31. The maximum Gasteiger partial charge on any atom is 0.230 e. The van der Waals surface area contributed by atoms with Gasteiger partial charge in [0.1, 0.15) is 0 Å². The van der Waals surface area contributed by atoms with Gasteiger partial charge in [0.05, 0.1) is 11.8 Å². The van der Waals surface area contributed by atoms with Crippen molar-refractivity contribution in [3.63, 3.8) is 0 Å². The normalized spacial score (nSPS) is 12.1. The molecule has 3 rings (SSSR count). The van der Waals surface area contributed by atoms with Crippen LogP contribution < -0.4 is 11.2 Å². The van der Waals surface area contributed by atoms with Crippen molar-refractivity contribution in [3.05, 3.63) is 65.2 Å². The lowest BCUT2D eigenvalue weighted by Gasteiger charge is -2.21. The number of carbonyl (C=O) groups is 1. The minimum absolute atomic E-state index is 0.0234. The fourth-order valence-electron chi connectivity index (χ4n) is 2.97. The molecular weight excluding hydrogens is 406 g/mol. The molecule has 6 nitrogen and oxygen atoms in total. The highest BCUT2D eigenvalue weighted by atomic mass is 35.5. The topological polar surface area (TPSA) is 85.8 Å². The number of nitrogens with zero attached hydrogens (tertiary/aromatic N) is 3. The number of amides is 1. The Morgan fingerprint density at radius 1 is 1.14 bits per heavy atom. The maximum atomic E-state index is 12.6. The summed E-state index contributed by atoms with van der Waals surface area (Å²) in [6, 6.07) is 17.2. The van der Waals surface area contributed by atoms with Crippen LogP contribution in [-0.4, -0.2) is 26.5 Å². The number of nitrogens with one attached hydrogen (secondary N) is 1. The Balaban J connectivity index is 1.63. The zero-order valence-corrected chi connectivity index (χ0v) is 18.0. The van der Waals surface area contributed by atoms with E-state index in [4.69, 9.17) is 17.4 Å². The molecule has 3 N–H and O–H groups in total. The minimum atomic E-state index is -0.0689. The first-order valence-electron chi connectivity index (χ1n) is 9.37. The van der Waals surface area contributed by atoms with Gasteiger partial charge in [-0.1, -0.05) is 67.5 Å². The van der Waals surface area contributed by atoms with Crippen molar-refractivity contribution in [1.82, 2.24) is 20.2 Å². The summed E-state index contributed by atoms with van der Waals surface area (Å²) >= 11 is 7.18. The zero-order chi connectivity index (χ0) is 20.8. The summed E-state index contributed by atoms with van der Waals surface area (Å²) in [6.07, 6.45) is 0.869. The summed E-state index contributed by atoms with van der Waals surface area (Å²) in [4.78, 5) is 12.6. The number of nitrogens with two attached hydrogens (primary N) is 1. The third kappa shape index (κ3) is 5.74. The van der Waals surface area contributed by atoms with Gasteiger partial charge in [0.2, 0.25) is 11.1 Å². The van der Waals surface area contributed by atoms with Gasteiger partial charge in [-0.05, 0) is 42.2 Å². The van der Waals surface area contributed by atoms with E-state index in [0.29, 0.717) is 21.9 Å². The number of benzene rings is 2. The molecule has 1 amide bonds. The molecule has 29 heavy (non-hydrogen) atoms. The molecule has 1 unspecified atom stereocenters. The van der Waals surface area contributed by atoms with E-state index in [0.717, 1.165) is 17.5 Å². The number of carbonyl (C=O) groups excluding carboxylic acids is 1. The van der Waals surface area contributed by atoms with E-state index >= 15 is 0 Å². The van der Waals surface area contributed by atoms with Gasteiger partial charge in [-0.25, -0.2) is 4.68 Å². The molecule has 0 aliphatic heterocycles. The zero-order valence-electron chi connectivity index (χ0n) is 16.4. The third-order valence-electron chi connectivity index (χ3n) is 4.34. The highest BCUT2D eigenvalue weighted by molar-refractivity contribution is 7.99. The summed E-state index contributed by atoms with van der Waals surface area (Å²) in [5.41, 5.74) is 1.91. The SMILES string of the molecule is CC(C)CC(NC(=O)CSc1nnc(-c2ccc(Cl)cc2)n1N)c1ccccc1. The molecule has 0 radical (unpaired) electrons. The summed E-state index contributed by atoms with van der Waals surface area (Å²) in [5, 5.41) is 12.5. The number of halogens is 1. The summed E-state index contributed by atoms with van der Waals surface area (Å²) in [5.74, 6) is 7.24. The van der Waals surface area contributed by atoms with E-state index < -0.39 is 0 Å². The molecule has 0 aliphatic carbocycles. The maximum absolute atomic E-state index is 12.6. The number of aromatic nitrogens is 3. The van der Waals surface area contributed by atoms with Gasteiger partial charge in [0, 0.05) is 10.6 Å². The number of hydrogen-bond acceptors (Lipinski definition) is 5. The molecule has 2 aromatic carbocycles. The fraction of sp³-hybridized carbons (Fsp3) is 0.286. The Labute approximate surface area is 179 Å². The third-order valence-corrected chi connectivity index (χ3v) is 5.54. The van der Waals surface area contributed by atoms with Crippen molar-refractivity contribution in [2.24, 2.45) is 5.92 Å². The van der Waals surface area contributed by atoms with Gasteiger partial charge < -0.3 is 11.2 Å². The predicted molar refractivity (Wildman–Crippen MR) is 118 cm³/mol. The quantitative estimate of drug-likeness (QED) is 0.411. The van der Waals surface area contributed by atoms with Gasteiger partial charge in [-0.15, -0.1) is 10.2 Å². The number of rotatable bonds is 8. The second-order valence-electron chi connectivity index (χ2n) is 7.13. The second kappa shape index (κ2) is 9.80. The van der Waals surface area contributed by atoms with E-state index in [1.165, 1.54) is 16.4 Å². The van der Waals surface area contributed by atoms with Crippen LogP contribution in [0.25, 0.3) is 11.4 Å². The first kappa shape index (κ1) is 21.2. The summed E-state index contributed by atoms with van der Waals surface area (Å²) in [7, 11) is 0. The molecule has 3 aromatic rings. The standard InChI is InChI=1S/C21H24ClN5OS/c1-14(2)12-18(15-6-4-3-5-7-15)24-19(28)13-29-21-26-25-20(27(21)23)16-8-10-17(22)11-9-16/h3-11,14,18H,12-13,23H2,1-2H3,(H,24,28). The Morgan fingerprint density at radius 2 is 1.83 bits per heavy atom. The van der Waals surface area contributed by atoms with Gasteiger partial charge in [-0.3, -0.25) is 4.79 Å². The van der Waals surface area contributed by atoms with E-state index in [1.54, 1.807) is 12.1 Å². The highest BCUT2D eigenvalue weighted by Crippen LogP contribution is 2.24. The lowest BCUT2D eigenvalue weighted by molar-refractivity contribution is -0.119. The number of hydrogen-bond donors (Lipinski definition) is 2. The minimum Gasteiger partial charge on any atom is -0.349 e. The van der Waals surface area contributed by atoms with Crippen molar-refractivity contribution >= 4 is 29.3 Å². The van der Waals surface area contributed by atoms with Crippen molar-refractivity contribution in [2.75, 3.05) is 11.6 Å². The van der Waals surface area contributed by atoms with Crippen LogP contribution in [0.4, 0.5) is 0 Å². The Kier molecular flexibility index (Phi) is 7.17. The monoisotopic (exact) mass is 429 g/mol. The van der Waals surface area contributed by atoms with Crippen LogP contribution in [-0.2, 0) is 4.79 Å². The molecule has 1 heterocycles.